The summed E-state index contributed by atoms with van der Waals surface area (Å²) in [6.07, 6.45) is -0.658. The predicted octanol–water partition coefficient (Wildman–Crippen LogP) is 3.82. The summed E-state index contributed by atoms with van der Waals surface area (Å²) in [6.45, 7) is 6.35. The van der Waals surface area contributed by atoms with Gasteiger partial charge in [-0.05, 0) is 43.0 Å². The second-order valence-electron chi connectivity index (χ2n) is 6.16. The van der Waals surface area contributed by atoms with E-state index in [2.05, 4.69) is 37.9 Å². The summed E-state index contributed by atoms with van der Waals surface area (Å²) < 4.78 is 0. The van der Waals surface area contributed by atoms with Crippen molar-refractivity contribution in [3.05, 3.63) is 70.3 Å². The third-order valence-electron chi connectivity index (χ3n) is 4.32. The number of nitrogens with two attached hydrogens (primary N) is 1. The van der Waals surface area contributed by atoms with Crippen molar-refractivity contribution in [2.75, 3.05) is 0 Å². The van der Waals surface area contributed by atoms with Crippen LogP contribution in [0.3, 0.4) is 0 Å². The fourth-order valence-corrected chi connectivity index (χ4v) is 4.68. The number of nitrogens with zero attached hydrogens (tertiary/aromatic N) is 1. The molecule has 3 atom stereocenters. The van der Waals surface area contributed by atoms with Crippen molar-refractivity contribution in [1.82, 2.24) is 0 Å². The summed E-state index contributed by atoms with van der Waals surface area (Å²) in [4.78, 5) is 4.53. The number of hydrogen-bond acceptors (Lipinski definition) is 4. The minimum Gasteiger partial charge on any atom is -0.386 e. The van der Waals surface area contributed by atoms with Gasteiger partial charge in [-0.25, -0.2) is 0 Å². The number of thioether (sulfide) groups is 1. The van der Waals surface area contributed by atoms with Crippen LogP contribution in [-0.4, -0.2) is 16.3 Å². The first-order chi connectivity index (χ1) is 11.0. The molecule has 0 unspecified atom stereocenters. The number of hydrogen-bond donors (Lipinski definition) is 2. The van der Waals surface area contributed by atoms with Gasteiger partial charge in [0.2, 0.25) is 0 Å². The van der Waals surface area contributed by atoms with Crippen LogP contribution in [-0.2, 0) is 0 Å². The third kappa shape index (κ3) is 3.14. The molecule has 0 aromatic heterocycles. The van der Waals surface area contributed by atoms with E-state index < -0.39 is 6.10 Å². The topological polar surface area (TPSA) is 58.6 Å². The van der Waals surface area contributed by atoms with Crippen molar-refractivity contribution in [2.45, 2.75) is 38.2 Å². The summed E-state index contributed by atoms with van der Waals surface area (Å²) in [5.41, 5.74) is 11.8. The molecule has 3 rings (SSSR count). The Morgan fingerprint density at radius 1 is 1.09 bits per heavy atom. The van der Waals surface area contributed by atoms with Gasteiger partial charge in [-0.1, -0.05) is 59.8 Å². The first-order valence-electron chi connectivity index (χ1n) is 7.78. The summed E-state index contributed by atoms with van der Waals surface area (Å²) in [5.74, 6) is 0. The molecule has 0 amide bonds. The Kier molecular flexibility index (Phi) is 4.46. The molecule has 0 fully saturated rings. The number of aliphatic imine (C=N–C) groups is 1. The van der Waals surface area contributed by atoms with Crippen LogP contribution < -0.4 is 5.73 Å². The van der Waals surface area contributed by atoms with Crippen LogP contribution in [0.15, 0.2) is 47.5 Å². The maximum absolute atomic E-state index is 10.8. The fraction of sp³-hybridized carbons (Fsp3) is 0.316. The molecular weight excluding hydrogens is 304 g/mol. The van der Waals surface area contributed by atoms with Crippen LogP contribution in [0, 0.1) is 20.8 Å². The molecule has 0 saturated carbocycles. The molecule has 2 aromatic carbocycles. The van der Waals surface area contributed by atoms with Gasteiger partial charge in [0.1, 0.15) is 6.10 Å². The van der Waals surface area contributed by atoms with Crippen LogP contribution in [0.1, 0.15) is 39.2 Å². The maximum atomic E-state index is 10.8. The Bertz CT molecular complexity index is 719. The van der Waals surface area contributed by atoms with E-state index in [1.807, 2.05) is 30.3 Å². The smallest absolute Gasteiger partial charge is 0.155 e. The molecule has 23 heavy (non-hydrogen) atoms. The molecule has 3 N–H and O–H groups in total. The van der Waals surface area contributed by atoms with E-state index in [-0.39, 0.29) is 11.3 Å². The number of rotatable bonds is 3. The van der Waals surface area contributed by atoms with Gasteiger partial charge < -0.3 is 10.8 Å². The second kappa shape index (κ2) is 6.38. The molecule has 0 bridgehead atoms. The Morgan fingerprint density at radius 2 is 1.70 bits per heavy atom. The van der Waals surface area contributed by atoms with Gasteiger partial charge >= 0.3 is 0 Å². The first-order valence-corrected chi connectivity index (χ1v) is 8.66. The molecule has 2 aromatic rings. The fourth-order valence-electron chi connectivity index (χ4n) is 3.40. The van der Waals surface area contributed by atoms with Gasteiger partial charge in [0.05, 0.1) is 11.3 Å². The van der Waals surface area contributed by atoms with Crippen LogP contribution in [0.2, 0.25) is 0 Å². The van der Waals surface area contributed by atoms with E-state index >= 15 is 0 Å². The number of aliphatic hydroxyl groups is 1. The van der Waals surface area contributed by atoms with Crippen LogP contribution in [0.5, 0.6) is 0 Å². The highest BCUT2D eigenvalue weighted by molar-refractivity contribution is 8.14. The minimum absolute atomic E-state index is 0.0470. The summed E-state index contributed by atoms with van der Waals surface area (Å²) in [6, 6.07) is 13.8. The molecule has 0 saturated heterocycles. The zero-order valence-corrected chi connectivity index (χ0v) is 14.5. The molecule has 0 radical (unpaired) electrons. The number of aliphatic hydroxyl groups excluding tert-OH is 1. The molecule has 0 aliphatic carbocycles. The molecule has 1 aliphatic rings. The lowest BCUT2D eigenvalue weighted by Crippen LogP contribution is -2.21. The first kappa shape index (κ1) is 16.1. The zero-order chi connectivity index (χ0) is 16.6. The second-order valence-corrected chi connectivity index (χ2v) is 7.33. The Labute approximate surface area is 141 Å². The Hall–Kier alpha value is -1.78. The molecule has 3 nitrogen and oxygen atoms in total. The maximum Gasteiger partial charge on any atom is 0.155 e. The number of benzene rings is 2. The molecule has 0 spiro atoms. The average Bonchev–Trinajstić information content (AvgIpc) is 2.88. The largest absolute Gasteiger partial charge is 0.386 e. The van der Waals surface area contributed by atoms with Crippen molar-refractivity contribution in [3.8, 4) is 0 Å². The van der Waals surface area contributed by atoms with E-state index in [0.717, 1.165) is 5.56 Å². The summed E-state index contributed by atoms with van der Waals surface area (Å²) >= 11 is 1.55. The van der Waals surface area contributed by atoms with Gasteiger partial charge in [0.15, 0.2) is 5.17 Å². The van der Waals surface area contributed by atoms with Crippen molar-refractivity contribution < 1.29 is 5.11 Å². The monoisotopic (exact) mass is 326 g/mol. The van der Waals surface area contributed by atoms with Crippen molar-refractivity contribution in [2.24, 2.45) is 10.7 Å². The van der Waals surface area contributed by atoms with E-state index in [9.17, 15) is 5.11 Å². The number of aryl methyl sites for hydroxylation is 3. The van der Waals surface area contributed by atoms with Crippen LogP contribution in [0.25, 0.3) is 0 Å². The Balaban J connectivity index is 2.00. The Morgan fingerprint density at radius 3 is 2.30 bits per heavy atom. The van der Waals surface area contributed by atoms with E-state index in [1.165, 1.54) is 22.3 Å². The van der Waals surface area contributed by atoms with Crippen molar-refractivity contribution in [1.29, 1.82) is 0 Å². The minimum atomic E-state index is -0.658. The standard InChI is InChI=1S/C19H22N2OS/c1-11-9-12(2)15(13(3)10-11)18-16(21-19(20)23-18)17(22)14-7-5-4-6-8-14/h4-10,16-18,22H,1-3H3,(H2,20,21)/t16-,17+,18-/m0/s1. The predicted molar refractivity (Wildman–Crippen MR) is 97.8 cm³/mol. The van der Waals surface area contributed by atoms with Gasteiger partial charge in [0.25, 0.3) is 0 Å². The lowest BCUT2D eigenvalue weighted by Gasteiger charge is -2.25. The zero-order valence-electron chi connectivity index (χ0n) is 13.7. The highest BCUT2D eigenvalue weighted by atomic mass is 32.2. The quantitative estimate of drug-likeness (QED) is 0.901. The van der Waals surface area contributed by atoms with Gasteiger partial charge in [-0.15, -0.1) is 0 Å². The van der Waals surface area contributed by atoms with Crippen molar-refractivity contribution >= 4 is 16.9 Å². The van der Waals surface area contributed by atoms with E-state index in [1.54, 1.807) is 11.8 Å². The van der Waals surface area contributed by atoms with Crippen LogP contribution in [0.4, 0.5) is 0 Å². The molecular formula is C19H22N2OS. The highest BCUT2D eigenvalue weighted by Gasteiger charge is 2.37. The third-order valence-corrected chi connectivity index (χ3v) is 5.44. The van der Waals surface area contributed by atoms with Crippen molar-refractivity contribution in [3.63, 3.8) is 0 Å². The highest BCUT2D eigenvalue weighted by Crippen LogP contribution is 2.46. The SMILES string of the molecule is Cc1cc(C)c([C@@H]2SC(N)=N[C@H]2[C@H](O)c2ccccc2)c(C)c1. The molecule has 1 aliphatic heterocycles. The van der Waals surface area contributed by atoms with E-state index in [0.29, 0.717) is 5.17 Å². The summed E-state index contributed by atoms with van der Waals surface area (Å²) in [7, 11) is 0. The average molecular weight is 326 g/mol. The molecule has 120 valence electrons. The lowest BCUT2D eigenvalue weighted by molar-refractivity contribution is 0.147. The normalized spacial score (nSPS) is 22.0. The molecule has 4 heteroatoms. The summed E-state index contributed by atoms with van der Waals surface area (Å²) in [5, 5.41) is 11.4. The molecule has 1 heterocycles. The van der Waals surface area contributed by atoms with Gasteiger partial charge in [-0.2, -0.15) is 0 Å². The van der Waals surface area contributed by atoms with E-state index in [4.69, 9.17) is 5.73 Å². The van der Waals surface area contributed by atoms with Gasteiger partial charge in [-0.3, -0.25) is 4.99 Å². The lowest BCUT2D eigenvalue weighted by atomic mass is 9.90. The van der Waals surface area contributed by atoms with Gasteiger partial charge in [0, 0.05) is 0 Å². The number of amidine groups is 1. The van der Waals surface area contributed by atoms with Crippen LogP contribution >= 0.6 is 11.8 Å².